The van der Waals surface area contributed by atoms with Crippen LogP contribution in [0.1, 0.15) is 41.6 Å². The van der Waals surface area contributed by atoms with Gasteiger partial charge in [0.15, 0.2) is 0 Å². The van der Waals surface area contributed by atoms with Gasteiger partial charge in [-0.25, -0.2) is 14.8 Å². The lowest BCUT2D eigenvalue weighted by Gasteiger charge is -2.48. The van der Waals surface area contributed by atoms with E-state index in [1.165, 1.54) is 25.7 Å². The van der Waals surface area contributed by atoms with E-state index >= 15 is 0 Å². The van der Waals surface area contributed by atoms with Gasteiger partial charge < -0.3 is 24.8 Å². The minimum atomic E-state index is -0.0323. The van der Waals surface area contributed by atoms with Crippen LogP contribution < -0.4 is 5.32 Å². The lowest BCUT2D eigenvalue weighted by molar-refractivity contribution is 0.0303. The molecule has 2 aromatic heterocycles. The van der Waals surface area contributed by atoms with Crippen LogP contribution in [0.5, 0.6) is 0 Å². The number of nitrogens with one attached hydrogen (secondary N) is 2. The normalized spacial score (nSPS) is 18.1. The first-order chi connectivity index (χ1) is 20.0. The van der Waals surface area contributed by atoms with Crippen molar-refractivity contribution in [1.82, 2.24) is 24.8 Å². The third-order valence-corrected chi connectivity index (χ3v) is 9.00. The Labute approximate surface area is 238 Å². The third-order valence-electron chi connectivity index (χ3n) is 9.00. The predicted molar refractivity (Wildman–Crippen MR) is 158 cm³/mol. The highest BCUT2D eigenvalue weighted by Gasteiger charge is 2.46. The zero-order chi connectivity index (χ0) is 28.0. The van der Waals surface area contributed by atoms with Crippen molar-refractivity contribution in [3.8, 4) is 22.5 Å². The number of nitrogens with zero attached hydrogens (tertiary/aromatic N) is 4. The fourth-order valence-corrected chi connectivity index (χ4v) is 6.62. The average Bonchev–Trinajstić information content (AvgIpc) is 3.66. The van der Waals surface area contributed by atoms with E-state index in [2.05, 4.69) is 26.3 Å². The van der Waals surface area contributed by atoms with Gasteiger partial charge in [-0.1, -0.05) is 37.1 Å². The first-order valence-electron chi connectivity index (χ1n) is 14.5. The van der Waals surface area contributed by atoms with Crippen molar-refractivity contribution in [2.75, 3.05) is 44.7 Å². The number of urea groups is 1. The van der Waals surface area contributed by atoms with Gasteiger partial charge in [0.05, 0.1) is 18.9 Å². The standard InChI is InChI=1S/C32H34N6O3/c1-21-24(5-4-6-26(21)36-31(40)38-18-32(19-38)11-2-3-12-32)28-25-17-27(35-29(25)34-20-33-28)22-7-9-23(10-8-22)30(39)37-13-15-41-16-14-37/h4-10,17,20H,2-3,11-16,18-19H2,1H3,(H,36,40)(H,33,34,35). The summed E-state index contributed by atoms with van der Waals surface area (Å²) in [6.07, 6.45) is 6.61. The molecular weight excluding hydrogens is 516 g/mol. The minimum absolute atomic E-state index is 0.0271. The van der Waals surface area contributed by atoms with Gasteiger partial charge in [0.2, 0.25) is 0 Å². The van der Waals surface area contributed by atoms with Crippen molar-refractivity contribution in [2.45, 2.75) is 32.6 Å². The maximum absolute atomic E-state index is 13.0. The number of carbonyl (C=O) groups is 2. The van der Waals surface area contributed by atoms with Crippen molar-refractivity contribution >= 4 is 28.7 Å². The van der Waals surface area contributed by atoms with Crippen LogP contribution >= 0.6 is 0 Å². The maximum Gasteiger partial charge on any atom is 0.321 e. The second-order valence-corrected chi connectivity index (χ2v) is 11.6. The molecule has 0 unspecified atom stereocenters. The Balaban J connectivity index is 1.12. The fraction of sp³-hybridized carbons (Fsp3) is 0.375. The number of hydrogen-bond donors (Lipinski definition) is 2. The largest absolute Gasteiger partial charge is 0.378 e. The maximum atomic E-state index is 13.0. The molecule has 210 valence electrons. The Morgan fingerprint density at radius 2 is 1.73 bits per heavy atom. The van der Waals surface area contributed by atoms with Crippen molar-refractivity contribution in [1.29, 1.82) is 0 Å². The van der Waals surface area contributed by atoms with Crippen molar-refractivity contribution in [3.63, 3.8) is 0 Å². The lowest BCUT2D eigenvalue weighted by Crippen LogP contribution is -2.58. The Morgan fingerprint density at radius 1 is 0.976 bits per heavy atom. The number of aromatic amines is 1. The molecule has 0 radical (unpaired) electrons. The number of rotatable bonds is 4. The van der Waals surface area contributed by atoms with Gasteiger partial charge in [-0.05, 0) is 55.2 Å². The molecule has 9 heteroatoms. The molecule has 3 fully saturated rings. The van der Waals surface area contributed by atoms with E-state index in [4.69, 9.17) is 4.74 Å². The summed E-state index contributed by atoms with van der Waals surface area (Å²) in [4.78, 5) is 42.2. The van der Waals surface area contributed by atoms with E-state index in [0.29, 0.717) is 37.3 Å². The van der Waals surface area contributed by atoms with Crippen LogP contribution in [0, 0.1) is 12.3 Å². The first-order valence-corrected chi connectivity index (χ1v) is 14.5. The molecule has 1 saturated carbocycles. The van der Waals surface area contributed by atoms with E-state index in [9.17, 15) is 9.59 Å². The average molecular weight is 551 g/mol. The number of benzene rings is 2. The number of hydrogen-bond acceptors (Lipinski definition) is 5. The third kappa shape index (κ3) is 4.74. The summed E-state index contributed by atoms with van der Waals surface area (Å²) in [5, 5.41) is 4.04. The van der Waals surface area contributed by atoms with Crippen LogP contribution in [0.4, 0.5) is 10.5 Å². The van der Waals surface area contributed by atoms with E-state index in [0.717, 1.165) is 57.9 Å². The van der Waals surface area contributed by atoms with Crippen LogP contribution in [0.15, 0.2) is 54.9 Å². The van der Waals surface area contributed by atoms with Gasteiger partial charge in [0, 0.05) is 59.5 Å². The first kappa shape index (κ1) is 25.7. The second-order valence-electron chi connectivity index (χ2n) is 11.6. The number of carbonyl (C=O) groups excluding carboxylic acids is 2. The van der Waals surface area contributed by atoms with Crippen molar-refractivity contribution in [3.05, 3.63) is 66.0 Å². The Kier molecular flexibility index (Phi) is 6.46. The van der Waals surface area contributed by atoms with E-state index in [-0.39, 0.29) is 11.9 Å². The van der Waals surface area contributed by atoms with Crippen LogP contribution in [0.3, 0.4) is 0 Å². The molecule has 2 aromatic carbocycles. The summed E-state index contributed by atoms with van der Waals surface area (Å²) >= 11 is 0. The summed E-state index contributed by atoms with van der Waals surface area (Å²) < 4.78 is 5.37. The SMILES string of the molecule is Cc1c(NC(=O)N2CC3(CCCC3)C2)cccc1-c1ncnc2[nH]c(-c3ccc(C(=O)N4CCOCC4)cc3)cc12. The number of amides is 3. The minimum Gasteiger partial charge on any atom is -0.378 e. The van der Waals surface area contributed by atoms with E-state index in [1.54, 1.807) is 6.33 Å². The molecule has 9 nitrogen and oxygen atoms in total. The Morgan fingerprint density at radius 3 is 2.49 bits per heavy atom. The van der Waals surface area contributed by atoms with Gasteiger partial charge in [0.25, 0.3) is 5.91 Å². The zero-order valence-corrected chi connectivity index (χ0v) is 23.3. The van der Waals surface area contributed by atoms with Gasteiger partial charge >= 0.3 is 6.03 Å². The Hall–Kier alpha value is -4.24. The predicted octanol–water partition coefficient (Wildman–Crippen LogP) is 5.48. The molecule has 0 atom stereocenters. The molecule has 7 rings (SSSR count). The topological polar surface area (TPSA) is 103 Å². The van der Waals surface area contributed by atoms with Gasteiger partial charge in [-0.3, -0.25) is 4.79 Å². The number of likely N-dealkylation sites (tertiary alicyclic amines) is 1. The zero-order valence-electron chi connectivity index (χ0n) is 23.3. The smallest absolute Gasteiger partial charge is 0.321 e. The molecule has 4 heterocycles. The number of ether oxygens (including phenoxy) is 1. The molecule has 3 amide bonds. The van der Waals surface area contributed by atoms with Crippen molar-refractivity contribution in [2.24, 2.45) is 5.41 Å². The van der Waals surface area contributed by atoms with Crippen LogP contribution in [-0.4, -0.2) is 76.1 Å². The summed E-state index contributed by atoms with van der Waals surface area (Å²) in [7, 11) is 0. The van der Waals surface area contributed by atoms with Crippen LogP contribution in [0.2, 0.25) is 0 Å². The summed E-state index contributed by atoms with van der Waals surface area (Å²) in [6.45, 7) is 6.13. The lowest BCUT2D eigenvalue weighted by atomic mass is 9.78. The molecule has 41 heavy (non-hydrogen) atoms. The highest BCUT2D eigenvalue weighted by atomic mass is 16.5. The molecule has 3 aliphatic rings. The Bertz CT molecular complexity index is 1610. The number of anilines is 1. The van der Waals surface area contributed by atoms with Crippen molar-refractivity contribution < 1.29 is 14.3 Å². The van der Waals surface area contributed by atoms with Gasteiger partial charge in [-0.2, -0.15) is 0 Å². The van der Waals surface area contributed by atoms with E-state index in [1.807, 2.05) is 59.2 Å². The summed E-state index contributed by atoms with van der Waals surface area (Å²) in [6, 6.07) is 15.6. The summed E-state index contributed by atoms with van der Waals surface area (Å²) in [5.74, 6) is 0.0271. The van der Waals surface area contributed by atoms with Crippen LogP contribution in [-0.2, 0) is 4.74 Å². The highest BCUT2D eigenvalue weighted by Crippen LogP contribution is 2.45. The van der Waals surface area contributed by atoms with Gasteiger partial charge in [-0.15, -0.1) is 0 Å². The number of H-pyrrole nitrogens is 1. The molecule has 2 N–H and O–H groups in total. The molecule has 1 spiro atoms. The number of fused-ring (bicyclic) bond motifs is 1. The summed E-state index contributed by atoms with van der Waals surface area (Å²) in [5.41, 5.74) is 7.13. The number of morpholine rings is 1. The molecule has 2 aliphatic heterocycles. The molecule has 1 aliphatic carbocycles. The molecule has 0 bridgehead atoms. The van der Waals surface area contributed by atoms with Crippen LogP contribution in [0.25, 0.3) is 33.5 Å². The van der Waals surface area contributed by atoms with E-state index < -0.39 is 0 Å². The number of aromatic nitrogens is 3. The monoisotopic (exact) mass is 550 g/mol. The highest BCUT2D eigenvalue weighted by molar-refractivity contribution is 5.98. The fourth-order valence-electron chi connectivity index (χ4n) is 6.62. The molecule has 2 saturated heterocycles. The molecule has 4 aromatic rings. The quantitative estimate of drug-likeness (QED) is 0.350. The van der Waals surface area contributed by atoms with Gasteiger partial charge in [0.1, 0.15) is 12.0 Å². The second kappa shape index (κ2) is 10.3. The molecular formula is C32H34N6O3.